The minimum atomic E-state index is -1.53. The topological polar surface area (TPSA) is 23.8 Å². The highest BCUT2D eigenvalue weighted by Crippen LogP contribution is 2.34. The van der Waals surface area contributed by atoms with Crippen LogP contribution >= 0.6 is 15.9 Å². The molecule has 1 aliphatic carbocycles. The molecule has 1 rings (SSSR count). The highest BCUT2D eigenvalue weighted by Gasteiger charge is 2.29. The fourth-order valence-corrected chi connectivity index (χ4v) is 1.40. The standard InChI is InChI=1S/C8H6BrF2N/c1-4-6(9)2-7(10)5(3-12)8(4)11/h2,4,8H,1H3. The lowest BCUT2D eigenvalue weighted by molar-refractivity contribution is 0.313. The van der Waals surface area contributed by atoms with Crippen molar-refractivity contribution in [1.82, 2.24) is 0 Å². The lowest BCUT2D eigenvalue weighted by Gasteiger charge is -2.19. The summed E-state index contributed by atoms with van der Waals surface area (Å²) in [6, 6.07) is 1.52. The van der Waals surface area contributed by atoms with Crippen molar-refractivity contribution in [3.05, 3.63) is 22.0 Å². The molecule has 0 N–H and O–H groups in total. The van der Waals surface area contributed by atoms with Crippen molar-refractivity contribution in [3.8, 4) is 6.07 Å². The molecule has 12 heavy (non-hydrogen) atoms. The van der Waals surface area contributed by atoms with Crippen molar-refractivity contribution in [1.29, 1.82) is 5.26 Å². The van der Waals surface area contributed by atoms with Crippen molar-refractivity contribution in [2.45, 2.75) is 13.1 Å². The van der Waals surface area contributed by atoms with Gasteiger partial charge in [0.1, 0.15) is 18.1 Å². The Bertz CT molecular complexity index is 301. The fourth-order valence-electron chi connectivity index (χ4n) is 0.967. The van der Waals surface area contributed by atoms with Crippen molar-refractivity contribution in [2.24, 2.45) is 5.92 Å². The molecule has 0 aromatic heterocycles. The van der Waals surface area contributed by atoms with E-state index in [1.165, 1.54) is 6.07 Å². The second-order valence-electron chi connectivity index (χ2n) is 2.59. The zero-order valence-electron chi connectivity index (χ0n) is 6.31. The van der Waals surface area contributed by atoms with Gasteiger partial charge in [-0.3, -0.25) is 0 Å². The van der Waals surface area contributed by atoms with Gasteiger partial charge >= 0.3 is 0 Å². The van der Waals surface area contributed by atoms with E-state index in [1.807, 2.05) is 0 Å². The van der Waals surface area contributed by atoms with E-state index >= 15 is 0 Å². The molecular formula is C8H6BrF2N. The SMILES string of the molecule is CC1C(Br)=CC(F)=C(C#N)C1F. The minimum absolute atomic E-state index is 0.411. The average molecular weight is 234 g/mol. The lowest BCUT2D eigenvalue weighted by Crippen LogP contribution is -2.19. The second kappa shape index (κ2) is 3.36. The predicted octanol–water partition coefficient (Wildman–Crippen LogP) is 3.00. The van der Waals surface area contributed by atoms with Gasteiger partial charge in [0.15, 0.2) is 0 Å². The van der Waals surface area contributed by atoms with Gasteiger partial charge < -0.3 is 0 Å². The Balaban J connectivity index is 3.13. The van der Waals surface area contributed by atoms with Crippen molar-refractivity contribution < 1.29 is 8.78 Å². The van der Waals surface area contributed by atoms with Crippen LogP contribution in [0.25, 0.3) is 0 Å². The number of alkyl halides is 1. The lowest BCUT2D eigenvalue weighted by atomic mass is 9.94. The molecule has 1 aliphatic rings. The smallest absolute Gasteiger partial charge is 0.145 e. The molecule has 0 aliphatic heterocycles. The third-order valence-corrected chi connectivity index (χ3v) is 2.74. The monoisotopic (exact) mass is 233 g/mol. The number of nitrogens with zero attached hydrogens (tertiary/aromatic N) is 1. The van der Waals surface area contributed by atoms with Gasteiger partial charge in [0.25, 0.3) is 0 Å². The molecule has 0 radical (unpaired) electrons. The third-order valence-electron chi connectivity index (χ3n) is 1.79. The molecule has 0 amide bonds. The third kappa shape index (κ3) is 1.42. The number of allylic oxidation sites excluding steroid dienone is 4. The maximum Gasteiger partial charge on any atom is 0.145 e. The van der Waals surface area contributed by atoms with Crippen LogP contribution in [0.5, 0.6) is 0 Å². The van der Waals surface area contributed by atoms with E-state index in [0.717, 1.165) is 6.08 Å². The number of nitriles is 1. The normalized spacial score (nSPS) is 29.8. The average Bonchev–Trinajstić information content (AvgIpc) is 2.01. The van der Waals surface area contributed by atoms with E-state index < -0.39 is 23.5 Å². The maximum absolute atomic E-state index is 13.2. The summed E-state index contributed by atoms with van der Waals surface area (Å²) in [5, 5.41) is 8.40. The Morgan fingerprint density at radius 2 is 2.25 bits per heavy atom. The van der Waals surface area contributed by atoms with E-state index in [2.05, 4.69) is 15.9 Å². The zero-order chi connectivity index (χ0) is 9.30. The highest BCUT2D eigenvalue weighted by molar-refractivity contribution is 9.11. The van der Waals surface area contributed by atoms with Crippen LogP contribution in [0.3, 0.4) is 0 Å². The van der Waals surface area contributed by atoms with E-state index in [4.69, 9.17) is 5.26 Å². The van der Waals surface area contributed by atoms with Crippen molar-refractivity contribution >= 4 is 15.9 Å². The molecule has 0 bridgehead atoms. The largest absolute Gasteiger partial charge is 0.241 e. The summed E-state index contributed by atoms with van der Waals surface area (Å²) >= 11 is 3.03. The molecule has 2 unspecified atom stereocenters. The summed E-state index contributed by atoms with van der Waals surface area (Å²) in [5.41, 5.74) is -0.411. The Morgan fingerprint density at radius 1 is 1.67 bits per heavy atom. The number of halogens is 3. The minimum Gasteiger partial charge on any atom is -0.241 e. The van der Waals surface area contributed by atoms with Gasteiger partial charge in [-0.1, -0.05) is 22.9 Å². The van der Waals surface area contributed by atoms with Gasteiger partial charge in [0.05, 0.1) is 5.57 Å². The molecule has 0 heterocycles. The first-order valence-corrected chi connectivity index (χ1v) is 4.18. The van der Waals surface area contributed by atoms with Gasteiger partial charge in [-0.2, -0.15) is 5.26 Å². The summed E-state index contributed by atoms with van der Waals surface area (Å²) in [6.45, 7) is 1.59. The number of rotatable bonds is 0. The van der Waals surface area contributed by atoms with E-state index in [-0.39, 0.29) is 0 Å². The molecule has 1 nitrogen and oxygen atoms in total. The molecule has 2 atom stereocenters. The first kappa shape index (κ1) is 9.40. The molecule has 64 valence electrons. The molecule has 0 aromatic carbocycles. The Morgan fingerprint density at radius 3 is 2.75 bits per heavy atom. The summed E-state index contributed by atoms with van der Waals surface area (Å²) < 4.78 is 26.4. The maximum atomic E-state index is 13.2. The molecule has 0 fully saturated rings. The number of hydrogen-bond donors (Lipinski definition) is 0. The summed E-state index contributed by atoms with van der Waals surface area (Å²) in [4.78, 5) is 0. The Labute approximate surface area is 77.5 Å². The van der Waals surface area contributed by atoms with Crippen LogP contribution in [-0.2, 0) is 0 Å². The quantitative estimate of drug-likeness (QED) is 0.631. The molecule has 0 saturated carbocycles. The van der Waals surface area contributed by atoms with Crippen LogP contribution in [0.4, 0.5) is 8.78 Å². The summed E-state index contributed by atoms with van der Waals surface area (Å²) in [5.74, 6) is -1.26. The van der Waals surface area contributed by atoms with Gasteiger partial charge in [0.2, 0.25) is 0 Å². The Hall–Kier alpha value is -0.690. The zero-order valence-corrected chi connectivity index (χ0v) is 7.90. The molecule has 0 aromatic rings. The van der Waals surface area contributed by atoms with Gasteiger partial charge in [-0.05, 0) is 6.08 Å². The van der Waals surface area contributed by atoms with Crippen LogP contribution in [-0.4, -0.2) is 6.17 Å². The van der Waals surface area contributed by atoms with Crippen LogP contribution in [0, 0.1) is 17.2 Å². The molecule has 0 saturated heterocycles. The summed E-state index contributed by atoms with van der Waals surface area (Å²) in [7, 11) is 0. The Kier molecular flexibility index (Phi) is 2.63. The van der Waals surface area contributed by atoms with Gasteiger partial charge in [-0.15, -0.1) is 0 Å². The van der Waals surface area contributed by atoms with Crippen LogP contribution in [0.15, 0.2) is 22.0 Å². The van der Waals surface area contributed by atoms with Crippen molar-refractivity contribution in [2.75, 3.05) is 0 Å². The molecule has 4 heteroatoms. The predicted molar refractivity (Wildman–Crippen MR) is 44.8 cm³/mol. The van der Waals surface area contributed by atoms with Crippen LogP contribution in [0.1, 0.15) is 6.92 Å². The summed E-state index contributed by atoms with van der Waals surface area (Å²) in [6.07, 6.45) is -0.395. The second-order valence-corrected chi connectivity index (χ2v) is 3.51. The first-order valence-electron chi connectivity index (χ1n) is 3.39. The molecule has 0 spiro atoms. The molecular weight excluding hydrogens is 228 g/mol. The van der Waals surface area contributed by atoms with Crippen molar-refractivity contribution in [3.63, 3.8) is 0 Å². The highest BCUT2D eigenvalue weighted by atomic mass is 79.9. The van der Waals surface area contributed by atoms with Gasteiger partial charge in [-0.25, -0.2) is 8.78 Å². The van der Waals surface area contributed by atoms with E-state index in [9.17, 15) is 8.78 Å². The fraction of sp³-hybridized carbons (Fsp3) is 0.375. The first-order chi connectivity index (χ1) is 5.57. The van der Waals surface area contributed by atoms with Gasteiger partial charge in [0, 0.05) is 10.4 Å². The van der Waals surface area contributed by atoms with E-state index in [0.29, 0.717) is 4.48 Å². The van der Waals surface area contributed by atoms with E-state index in [1.54, 1.807) is 6.92 Å². The van der Waals surface area contributed by atoms with Crippen LogP contribution < -0.4 is 0 Å². The van der Waals surface area contributed by atoms with Crippen LogP contribution in [0.2, 0.25) is 0 Å². The number of hydrogen-bond acceptors (Lipinski definition) is 1.